The van der Waals surface area contributed by atoms with E-state index in [1.165, 1.54) is 18.8 Å². The summed E-state index contributed by atoms with van der Waals surface area (Å²) in [6.07, 6.45) is 0.453. The Balaban J connectivity index is 0.00000306. The van der Waals surface area contributed by atoms with Crippen molar-refractivity contribution in [3.8, 4) is 17.2 Å². The first-order valence-electron chi connectivity index (χ1n) is 9.74. The molecule has 11 heteroatoms. The van der Waals surface area contributed by atoms with E-state index >= 15 is 0 Å². The second-order valence-electron chi connectivity index (χ2n) is 7.14. The van der Waals surface area contributed by atoms with Gasteiger partial charge >= 0.3 is 29.6 Å². The van der Waals surface area contributed by atoms with Gasteiger partial charge in [-0.05, 0) is 30.2 Å². The first kappa shape index (κ1) is 25.1. The summed E-state index contributed by atoms with van der Waals surface area (Å²) >= 11 is 1.00. The number of aromatic nitrogens is 2. The number of carbonyl (C=O) groups is 2. The third kappa shape index (κ3) is 5.35. The molecule has 2 aromatic carbocycles. The Hall–Kier alpha value is -2.53. The summed E-state index contributed by atoms with van der Waals surface area (Å²) in [4.78, 5) is 40.4. The van der Waals surface area contributed by atoms with Gasteiger partial charge in [0.25, 0.3) is 10.8 Å². The molecule has 0 saturated carbocycles. The van der Waals surface area contributed by atoms with Gasteiger partial charge in [0.2, 0.25) is 5.91 Å². The molecule has 3 aromatic rings. The van der Waals surface area contributed by atoms with E-state index in [9.17, 15) is 14.4 Å². The van der Waals surface area contributed by atoms with E-state index in [1.54, 1.807) is 31.3 Å². The molecule has 1 saturated heterocycles. The van der Waals surface area contributed by atoms with Crippen molar-refractivity contribution in [3.63, 3.8) is 0 Å². The summed E-state index contributed by atoms with van der Waals surface area (Å²) in [5.74, 6) is 1.73. The monoisotopic (exact) mass is 479 g/mol. The fourth-order valence-corrected chi connectivity index (χ4v) is 4.24. The van der Waals surface area contributed by atoms with Crippen LogP contribution in [0.15, 0.2) is 41.2 Å². The van der Waals surface area contributed by atoms with Crippen LogP contribution in [0.4, 0.5) is 4.79 Å². The average molecular weight is 479 g/mol. The van der Waals surface area contributed by atoms with Crippen molar-refractivity contribution >= 4 is 63.4 Å². The summed E-state index contributed by atoms with van der Waals surface area (Å²) in [6.45, 7) is 0.0881. The maximum atomic E-state index is 12.8. The molecule has 1 aromatic heterocycles. The molecule has 0 radical (unpaired) electrons. The van der Waals surface area contributed by atoms with E-state index in [1.807, 2.05) is 12.1 Å². The van der Waals surface area contributed by atoms with E-state index in [2.05, 4.69) is 10.3 Å². The third-order valence-electron chi connectivity index (χ3n) is 5.15. The Kier molecular flexibility index (Phi) is 8.06. The molecular weight excluding hydrogens is 457 g/mol. The minimum absolute atomic E-state index is 0. The average Bonchev–Trinajstić information content (AvgIpc) is 3.11. The number of thioether (sulfide) groups is 1. The van der Waals surface area contributed by atoms with Crippen molar-refractivity contribution in [3.05, 3.63) is 58.1 Å². The number of hydrogen-bond donors (Lipinski definition) is 1. The quantitative estimate of drug-likeness (QED) is 0.511. The fourth-order valence-electron chi connectivity index (χ4n) is 3.38. The van der Waals surface area contributed by atoms with Crippen LogP contribution in [0, 0.1) is 0 Å². The second kappa shape index (κ2) is 10.6. The molecule has 1 N–H and O–H groups in total. The van der Waals surface area contributed by atoms with Gasteiger partial charge in [0.15, 0.2) is 11.5 Å². The van der Waals surface area contributed by atoms with Gasteiger partial charge in [0.05, 0.1) is 30.4 Å². The molecule has 168 valence electrons. The molecule has 1 fully saturated rings. The van der Waals surface area contributed by atoms with Crippen LogP contribution in [-0.2, 0) is 24.9 Å². The van der Waals surface area contributed by atoms with Gasteiger partial charge in [-0.2, -0.15) is 0 Å². The molecule has 2 heterocycles. The van der Waals surface area contributed by atoms with Gasteiger partial charge in [0.1, 0.15) is 18.2 Å². The fraction of sp³-hybridized carbons (Fsp3) is 0.273. The first-order chi connectivity index (χ1) is 15.4. The van der Waals surface area contributed by atoms with Crippen LogP contribution in [0.2, 0.25) is 0 Å². The first-order valence-corrected chi connectivity index (χ1v) is 10.6. The summed E-state index contributed by atoms with van der Waals surface area (Å²) in [6, 6.07) is 10.5. The van der Waals surface area contributed by atoms with E-state index in [-0.39, 0.29) is 52.9 Å². The topological polar surface area (TPSA) is 109 Å². The SMILES string of the molecule is COc1cc2nc(COc3ccc(CC4SC(=O)NC4=O)cc3)n(C)c(=O)c2cc1OC.[NaH]. The van der Waals surface area contributed by atoms with E-state index in [0.717, 1.165) is 17.3 Å². The van der Waals surface area contributed by atoms with Gasteiger partial charge in [-0.1, -0.05) is 23.9 Å². The van der Waals surface area contributed by atoms with E-state index in [0.29, 0.717) is 40.4 Å². The third-order valence-corrected chi connectivity index (χ3v) is 6.13. The minimum atomic E-state index is -0.416. The number of nitrogens with one attached hydrogen (secondary N) is 1. The van der Waals surface area contributed by atoms with Gasteiger partial charge in [-0.3, -0.25) is 24.3 Å². The van der Waals surface area contributed by atoms with Gasteiger partial charge in [-0.25, -0.2) is 4.98 Å². The van der Waals surface area contributed by atoms with Crippen LogP contribution in [-0.4, -0.2) is 69.7 Å². The Morgan fingerprint density at radius 3 is 2.33 bits per heavy atom. The molecule has 1 unspecified atom stereocenters. The summed E-state index contributed by atoms with van der Waals surface area (Å²) in [5, 5.41) is 1.97. The number of amides is 2. The van der Waals surface area contributed by atoms with Gasteiger partial charge < -0.3 is 14.2 Å². The van der Waals surface area contributed by atoms with Crippen molar-refractivity contribution in [1.82, 2.24) is 14.9 Å². The number of methoxy groups -OCH3 is 2. The Morgan fingerprint density at radius 1 is 1.06 bits per heavy atom. The number of nitrogens with zero attached hydrogens (tertiary/aromatic N) is 2. The van der Waals surface area contributed by atoms with Crippen molar-refractivity contribution < 1.29 is 23.8 Å². The van der Waals surface area contributed by atoms with Crippen LogP contribution in [0.25, 0.3) is 10.9 Å². The Labute approximate surface area is 216 Å². The summed E-state index contributed by atoms with van der Waals surface area (Å²) in [5.41, 5.74) is 1.19. The molecule has 1 aliphatic heterocycles. The maximum absolute atomic E-state index is 12.8. The van der Waals surface area contributed by atoms with E-state index < -0.39 is 5.25 Å². The number of benzene rings is 2. The molecule has 0 bridgehead atoms. The zero-order valence-corrected chi connectivity index (χ0v) is 18.5. The van der Waals surface area contributed by atoms with Crippen LogP contribution in [0.3, 0.4) is 0 Å². The predicted molar refractivity (Wildman–Crippen MR) is 127 cm³/mol. The van der Waals surface area contributed by atoms with Gasteiger partial charge in [0, 0.05) is 13.1 Å². The second-order valence-corrected chi connectivity index (χ2v) is 8.31. The molecule has 0 spiro atoms. The molecule has 1 aliphatic rings. The number of fused-ring (bicyclic) bond motifs is 1. The van der Waals surface area contributed by atoms with Gasteiger partial charge in [-0.15, -0.1) is 0 Å². The predicted octanol–water partition coefficient (Wildman–Crippen LogP) is 1.78. The molecule has 9 nitrogen and oxygen atoms in total. The molecule has 1 atom stereocenters. The summed E-state index contributed by atoms with van der Waals surface area (Å²) in [7, 11) is 4.67. The van der Waals surface area contributed by atoms with Crippen LogP contribution < -0.4 is 25.1 Å². The zero-order chi connectivity index (χ0) is 22.8. The molecular formula is C22H22N3NaO6S. The Morgan fingerprint density at radius 2 is 1.73 bits per heavy atom. The van der Waals surface area contributed by atoms with Crippen molar-refractivity contribution in [1.29, 1.82) is 0 Å². The zero-order valence-electron chi connectivity index (χ0n) is 17.7. The summed E-state index contributed by atoms with van der Waals surface area (Å²) < 4.78 is 17.8. The van der Waals surface area contributed by atoms with Crippen molar-refractivity contribution in [2.75, 3.05) is 14.2 Å². The number of imide groups is 1. The standard InChI is InChI=1S/C22H21N3O6S.Na.H/c1-25-19(23-15-10-17(30-3)16(29-2)9-14(15)21(25)27)11-31-13-6-4-12(5-7-13)8-18-20(26)24-22(28)32-18;;/h4-7,9-10,18H,8,11H2,1-3H3,(H,24,26,28);;. The number of ether oxygens (including phenoxy) is 3. The number of rotatable bonds is 7. The molecule has 0 aliphatic carbocycles. The van der Waals surface area contributed by atoms with Crippen molar-refractivity contribution in [2.24, 2.45) is 7.05 Å². The van der Waals surface area contributed by atoms with Crippen LogP contribution >= 0.6 is 11.8 Å². The van der Waals surface area contributed by atoms with E-state index in [4.69, 9.17) is 14.2 Å². The molecule has 2 amide bonds. The van der Waals surface area contributed by atoms with Crippen LogP contribution in [0.5, 0.6) is 17.2 Å². The normalized spacial score (nSPS) is 15.2. The number of hydrogen-bond acceptors (Lipinski definition) is 8. The van der Waals surface area contributed by atoms with Crippen molar-refractivity contribution in [2.45, 2.75) is 18.3 Å². The van der Waals surface area contributed by atoms with Crippen LogP contribution in [0.1, 0.15) is 11.4 Å². The molecule has 4 rings (SSSR count). The number of carbonyl (C=O) groups excluding carboxylic acids is 2. The Bertz CT molecular complexity index is 1260. The molecule has 33 heavy (non-hydrogen) atoms.